The highest BCUT2D eigenvalue weighted by atomic mass is 16.6. The summed E-state index contributed by atoms with van der Waals surface area (Å²) in [6, 6.07) is 5.95. The molecule has 1 atom stereocenters. The van der Waals surface area contributed by atoms with Crippen molar-refractivity contribution in [1.82, 2.24) is 31.0 Å². The molecular formula is C30H43B3N8O7. The van der Waals surface area contributed by atoms with Gasteiger partial charge in [-0.1, -0.05) is 11.2 Å². The summed E-state index contributed by atoms with van der Waals surface area (Å²) in [4.78, 5) is 42.9. The predicted molar refractivity (Wildman–Crippen MR) is 187 cm³/mol. The Bertz CT molecular complexity index is 1650. The number of hydrogen-bond acceptors (Lipinski definition) is 12. The van der Waals surface area contributed by atoms with Crippen LogP contribution < -0.4 is 26.0 Å². The Kier molecular flexibility index (Phi) is 10.8. The fourth-order valence-electron chi connectivity index (χ4n) is 4.31. The highest BCUT2D eigenvalue weighted by Gasteiger charge is 2.31. The molecule has 1 aliphatic carbocycles. The zero-order valence-corrected chi connectivity index (χ0v) is 29.2. The summed E-state index contributed by atoms with van der Waals surface area (Å²) in [6.07, 6.45) is 0.975. The van der Waals surface area contributed by atoms with Crippen molar-refractivity contribution in [2.24, 2.45) is 5.92 Å². The predicted octanol–water partition coefficient (Wildman–Crippen LogP) is 1.25. The molecule has 0 unspecified atom stereocenters. The van der Waals surface area contributed by atoms with Crippen molar-refractivity contribution < 1.29 is 33.1 Å². The average molecular weight is 660 g/mol. The fourth-order valence-corrected chi connectivity index (χ4v) is 4.31. The van der Waals surface area contributed by atoms with Crippen LogP contribution in [0.1, 0.15) is 76.7 Å². The summed E-state index contributed by atoms with van der Waals surface area (Å²) < 4.78 is 22.8. The van der Waals surface area contributed by atoms with Gasteiger partial charge < -0.3 is 40.0 Å². The first-order valence-corrected chi connectivity index (χ1v) is 15.7. The van der Waals surface area contributed by atoms with E-state index in [2.05, 4.69) is 41.6 Å². The Labute approximate surface area is 282 Å². The van der Waals surface area contributed by atoms with Crippen LogP contribution in [0.25, 0.3) is 11.5 Å². The van der Waals surface area contributed by atoms with Crippen molar-refractivity contribution in [2.75, 3.05) is 24.4 Å². The summed E-state index contributed by atoms with van der Waals surface area (Å²) in [5, 5.41) is 23.5. The number of carbonyl (C=O) groups excluding carboxylic acids is 3. The summed E-state index contributed by atoms with van der Waals surface area (Å²) >= 11 is 0. The molecule has 3 amide bonds. The third kappa shape index (κ3) is 10.5. The fraction of sp³-hybridized carbons (Fsp3) is 0.500. The van der Waals surface area contributed by atoms with Gasteiger partial charge in [0.05, 0.1) is 36.3 Å². The van der Waals surface area contributed by atoms with Crippen molar-refractivity contribution in [3.63, 3.8) is 0 Å². The number of aromatic nitrogens is 4. The molecule has 18 heteroatoms. The number of alkyl carbamates (subject to hydrolysis) is 1. The monoisotopic (exact) mass is 660 g/mol. The zero-order valence-electron chi connectivity index (χ0n) is 29.2. The topological polar surface area (TPSA) is 192 Å². The van der Waals surface area contributed by atoms with E-state index < -0.39 is 34.5 Å². The van der Waals surface area contributed by atoms with Crippen LogP contribution in [0.15, 0.2) is 28.8 Å². The van der Waals surface area contributed by atoms with Gasteiger partial charge in [0.25, 0.3) is 11.8 Å². The van der Waals surface area contributed by atoms with E-state index in [4.69, 9.17) is 18.7 Å². The van der Waals surface area contributed by atoms with E-state index in [1.54, 1.807) is 45.0 Å². The molecule has 2 aromatic heterocycles. The van der Waals surface area contributed by atoms with Gasteiger partial charge in [-0.3, -0.25) is 9.59 Å². The molecule has 0 radical (unpaired) electrons. The zero-order chi connectivity index (χ0) is 35.4. The highest BCUT2D eigenvalue weighted by molar-refractivity contribution is 6.60. The molecule has 0 spiro atoms. The smallest absolute Gasteiger partial charge is 0.408 e. The molecule has 1 aliphatic rings. The maximum Gasteiger partial charge on any atom is 0.408 e. The van der Waals surface area contributed by atoms with Gasteiger partial charge in [-0.15, -0.1) is 10.2 Å². The lowest BCUT2D eigenvalue weighted by Crippen LogP contribution is -2.50. The first-order chi connectivity index (χ1) is 22.3. The summed E-state index contributed by atoms with van der Waals surface area (Å²) in [5.41, 5.74) is -0.0683. The molecule has 1 saturated carbocycles. The average Bonchev–Trinajstić information content (AvgIpc) is 3.70. The molecule has 1 aromatic carbocycles. The van der Waals surface area contributed by atoms with Crippen LogP contribution in [0, 0.1) is 5.92 Å². The van der Waals surface area contributed by atoms with Crippen LogP contribution >= 0.6 is 0 Å². The van der Waals surface area contributed by atoms with Crippen molar-refractivity contribution in [3.05, 3.63) is 35.8 Å². The molecule has 4 N–H and O–H groups in total. The lowest BCUT2D eigenvalue weighted by molar-refractivity contribution is -0.117. The molecule has 0 aliphatic heterocycles. The number of rotatable bonds is 12. The first-order valence-electron chi connectivity index (χ1n) is 15.7. The Morgan fingerprint density at radius 1 is 1.02 bits per heavy atom. The number of hydrogen-bond donors (Lipinski definition) is 4. The number of methoxy groups -OCH3 is 1. The number of benzene rings is 1. The van der Waals surface area contributed by atoms with Gasteiger partial charge in [-0.05, 0) is 71.8 Å². The van der Waals surface area contributed by atoms with Crippen LogP contribution in [0.2, 0.25) is 0 Å². The van der Waals surface area contributed by atoms with Crippen molar-refractivity contribution >= 4 is 58.6 Å². The Hall–Kier alpha value is -4.60. The first kappa shape index (κ1) is 36.2. The van der Waals surface area contributed by atoms with Crippen molar-refractivity contribution in [2.45, 2.75) is 76.9 Å². The minimum Gasteiger partial charge on any atom is -0.494 e. The normalized spacial score (nSPS) is 14.1. The molecule has 3 aromatic rings. The second kappa shape index (κ2) is 14.3. The van der Waals surface area contributed by atoms with Crippen molar-refractivity contribution in [3.8, 4) is 17.2 Å². The van der Waals surface area contributed by atoms with Gasteiger partial charge in [0.1, 0.15) is 35.2 Å². The van der Waals surface area contributed by atoms with E-state index in [-0.39, 0.29) is 47.3 Å². The molecule has 2 heterocycles. The Morgan fingerprint density at radius 3 is 2.33 bits per heavy atom. The minimum absolute atomic E-state index is 0.0109. The molecule has 4 rings (SSSR count). The van der Waals surface area contributed by atoms with E-state index in [1.807, 2.05) is 44.3 Å². The molecule has 254 valence electrons. The minimum atomic E-state index is -0.792. The molecule has 15 nitrogen and oxygen atoms in total. The van der Waals surface area contributed by atoms with Crippen molar-refractivity contribution in [1.29, 1.82) is 0 Å². The lowest BCUT2D eigenvalue weighted by atomic mass is 9.49. The number of anilines is 3. The van der Waals surface area contributed by atoms with Gasteiger partial charge in [-0.2, -0.15) is 4.98 Å². The second-order valence-electron chi connectivity index (χ2n) is 14.6. The standard InChI is InChI=1S/C30H43B3N8O7/c1-28(2,3)46-14-19(35-27(44)47-29(4,5)6)23-37-26(48-41-23)16-9-8-10-17(22(16)45-7)34-18-13-20(36-24(42)15-11-12-15)39-40-21(18)25(43)38-30(31,32)33/h8-10,13,15,19H,11-12,14,31-33H2,1-7H3,(H,35,44)(H,38,43)(H2,34,36,39,42)/t19-/m0/s1. The summed E-state index contributed by atoms with van der Waals surface area (Å²) in [6.45, 7) is 11.0. The Morgan fingerprint density at radius 2 is 1.73 bits per heavy atom. The third-order valence-corrected chi connectivity index (χ3v) is 6.54. The van der Waals surface area contributed by atoms with Gasteiger partial charge in [-0.25, -0.2) is 4.79 Å². The van der Waals surface area contributed by atoms with Crippen LogP contribution in [0.4, 0.5) is 22.0 Å². The number of nitrogens with one attached hydrogen (secondary N) is 4. The molecule has 0 bridgehead atoms. The van der Waals surface area contributed by atoms with Gasteiger partial charge in [0.2, 0.25) is 5.91 Å². The summed E-state index contributed by atoms with van der Waals surface area (Å²) in [7, 11) is 7.03. The number of carbonyl (C=O) groups is 3. The van der Waals surface area contributed by atoms with E-state index in [9.17, 15) is 14.4 Å². The van der Waals surface area contributed by atoms with E-state index in [0.29, 0.717) is 17.0 Å². The van der Waals surface area contributed by atoms with E-state index in [0.717, 1.165) is 12.8 Å². The quantitative estimate of drug-likeness (QED) is 0.204. The van der Waals surface area contributed by atoms with Gasteiger partial charge in [0, 0.05) is 12.0 Å². The van der Waals surface area contributed by atoms with Gasteiger partial charge >= 0.3 is 6.09 Å². The van der Waals surface area contributed by atoms with E-state index >= 15 is 0 Å². The van der Waals surface area contributed by atoms with Crippen LogP contribution in [-0.4, -0.2) is 91.9 Å². The maximum atomic E-state index is 13.2. The number of ether oxygens (including phenoxy) is 3. The molecule has 1 fully saturated rings. The largest absolute Gasteiger partial charge is 0.494 e. The SMILES string of the molecule is BC(B)(B)NC(=O)c1nnc(NC(=O)C2CC2)cc1Nc1cccc(-c2nc([C@H](COC(C)(C)C)NC(=O)OC(C)(C)C)no2)c1OC. The second-order valence-corrected chi connectivity index (χ2v) is 14.6. The number of nitrogens with zero attached hydrogens (tertiary/aromatic N) is 4. The lowest BCUT2D eigenvalue weighted by Gasteiger charge is -2.25. The number of para-hydroxylation sites is 1. The van der Waals surface area contributed by atoms with E-state index in [1.165, 1.54) is 7.11 Å². The van der Waals surface area contributed by atoms with Crippen LogP contribution in [0.3, 0.4) is 0 Å². The Balaban J connectivity index is 1.67. The number of amides is 3. The summed E-state index contributed by atoms with van der Waals surface area (Å²) in [5.74, 6) is 0.111. The van der Waals surface area contributed by atoms with Gasteiger partial charge in [0.15, 0.2) is 23.1 Å². The molecular weight excluding hydrogens is 617 g/mol. The molecule has 48 heavy (non-hydrogen) atoms. The molecule has 0 saturated heterocycles. The van der Waals surface area contributed by atoms with Crippen LogP contribution in [-0.2, 0) is 14.3 Å². The maximum absolute atomic E-state index is 13.2. The highest BCUT2D eigenvalue weighted by Crippen LogP contribution is 2.38. The third-order valence-electron chi connectivity index (χ3n) is 6.54. The van der Waals surface area contributed by atoms with Crippen LogP contribution in [0.5, 0.6) is 5.75 Å².